The molecule has 1 amide bonds. The van der Waals surface area contributed by atoms with Gasteiger partial charge >= 0.3 is 6.18 Å². The third-order valence-corrected chi connectivity index (χ3v) is 5.46. The number of hydrogen-bond acceptors (Lipinski definition) is 5. The lowest BCUT2D eigenvalue weighted by Crippen LogP contribution is -2.47. The van der Waals surface area contributed by atoms with Gasteiger partial charge in [0.15, 0.2) is 0 Å². The second kappa shape index (κ2) is 8.41. The average Bonchev–Trinajstić information content (AvgIpc) is 3.39. The van der Waals surface area contributed by atoms with E-state index in [0.29, 0.717) is 17.4 Å². The van der Waals surface area contributed by atoms with Gasteiger partial charge in [0, 0.05) is 25.7 Å². The van der Waals surface area contributed by atoms with E-state index in [1.165, 1.54) is 23.3 Å². The van der Waals surface area contributed by atoms with Crippen LogP contribution in [0.3, 0.4) is 0 Å². The van der Waals surface area contributed by atoms with Crippen LogP contribution in [0, 0.1) is 6.92 Å². The standard InChI is InChI=1S/C21H19F5N6O/c1-13-3-2-4-15(18(13)32-29-8-9-30-32)19(33)31-10-7-20(22,23)16(31)12-28-17-6-5-14(11-27-17)21(24,25)26/h2-6,8-9,11,16H,7,10,12H2,1H3,(H,27,28). The molecule has 1 saturated heterocycles. The van der Waals surface area contributed by atoms with Gasteiger partial charge in [-0.15, -0.1) is 0 Å². The highest BCUT2D eigenvalue weighted by atomic mass is 19.4. The summed E-state index contributed by atoms with van der Waals surface area (Å²) in [5, 5.41) is 10.7. The molecule has 3 aromatic rings. The summed E-state index contributed by atoms with van der Waals surface area (Å²) in [4.78, 5) is 19.3. The Hall–Kier alpha value is -3.57. The van der Waals surface area contributed by atoms with Gasteiger partial charge in [0.2, 0.25) is 0 Å². The molecule has 0 spiro atoms. The zero-order valence-electron chi connectivity index (χ0n) is 17.4. The van der Waals surface area contributed by atoms with Gasteiger partial charge < -0.3 is 10.2 Å². The highest BCUT2D eigenvalue weighted by molar-refractivity contribution is 5.98. The number of rotatable bonds is 5. The predicted octanol–water partition coefficient (Wildman–Crippen LogP) is 3.95. The number of benzene rings is 1. The maximum Gasteiger partial charge on any atom is 0.417 e. The van der Waals surface area contributed by atoms with E-state index in [9.17, 15) is 26.7 Å². The number of hydrogen-bond donors (Lipinski definition) is 1. The van der Waals surface area contributed by atoms with E-state index in [-0.39, 0.29) is 17.9 Å². The van der Waals surface area contributed by atoms with Crippen molar-refractivity contribution in [1.29, 1.82) is 0 Å². The van der Waals surface area contributed by atoms with Gasteiger partial charge in [0.25, 0.3) is 11.8 Å². The number of aromatic nitrogens is 4. The quantitative estimate of drug-likeness (QED) is 0.577. The van der Waals surface area contributed by atoms with Gasteiger partial charge in [-0.05, 0) is 30.7 Å². The molecule has 1 aliphatic heterocycles. The maximum absolute atomic E-state index is 14.7. The fourth-order valence-corrected chi connectivity index (χ4v) is 3.77. The van der Waals surface area contributed by atoms with Crippen molar-refractivity contribution in [1.82, 2.24) is 24.9 Å². The number of likely N-dealkylation sites (tertiary alicyclic amines) is 1. The highest BCUT2D eigenvalue weighted by Gasteiger charge is 2.51. The second-order valence-electron chi connectivity index (χ2n) is 7.63. The van der Waals surface area contributed by atoms with Crippen molar-refractivity contribution in [3.8, 4) is 5.69 Å². The summed E-state index contributed by atoms with van der Waals surface area (Å²) in [6.07, 6.45) is -1.59. The van der Waals surface area contributed by atoms with Gasteiger partial charge in [-0.3, -0.25) is 4.79 Å². The van der Waals surface area contributed by atoms with E-state index in [1.807, 2.05) is 0 Å². The fourth-order valence-electron chi connectivity index (χ4n) is 3.77. The third kappa shape index (κ3) is 4.50. The number of halogens is 5. The van der Waals surface area contributed by atoms with Crippen LogP contribution in [-0.4, -0.2) is 55.8 Å². The summed E-state index contributed by atoms with van der Waals surface area (Å²) < 4.78 is 67.5. The SMILES string of the molecule is Cc1cccc(C(=O)N2CCC(F)(F)C2CNc2ccc(C(F)(F)F)cn2)c1-n1nccn1. The molecule has 0 saturated carbocycles. The smallest absolute Gasteiger partial charge is 0.368 e. The number of carbonyl (C=O) groups is 1. The molecule has 1 aromatic carbocycles. The molecule has 7 nitrogen and oxygen atoms in total. The first kappa shape index (κ1) is 22.6. The number of pyridine rings is 1. The Kier molecular flexibility index (Phi) is 5.76. The Morgan fingerprint density at radius 2 is 1.91 bits per heavy atom. The molecule has 1 unspecified atom stereocenters. The molecule has 2 aromatic heterocycles. The van der Waals surface area contributed by atoms with E-state index < -0.39 is 42.6 Å². The number of alkyl halides is 5. The van der Waals surface area contributed by atoms with Crippen molar-refractivity contribution in [2.45, 2.75) is 31.5 Å². The largest absolute Gasteiger partial charge is 0.417 e. The minimum absolute atomic E-state index is 0.00455. The third-order valence-electron chi connectivity index (χ3n) is 5.46. The molecule has 4 rings (SSSR count). The van der Waals surface area contributed by atoms with E-state index >= 15 is 0 Å². The zero-order chi connectivity index (χ0) is 23.8. The Labute approximate surface area is 185 Å². The summed E-state index contributed by atoms with van der Waals surface area (Å²) in [6.45, 7) is 1.18. The lowest BCUT2D eigenvalue weighted by atomic mass is 10.1. The van der Waals surface area contributed by atoms with E-state index in [2.05, 4.69) is 20.5 Å². The predicted molar refractivity (Wildman–Crippen MR) is 108 cm³/mol. The first-order chi connectivity index (χ1) is 15.6. The Morgan fingerprint density at radius 3 is 2.55 bits per heavy atom. The van der Waals surface area contributed by atoms with Crippen LogP contribution < -0.4 is 5.32 Å². The molecule has 0 bridgehead atoms. The van der Waals surface area contributed by atoms with Crippen LogP contribution in [0.15, 0.2) is 48.9 Å². The summed E-state index contributed by atoms with van der Waals surface area (Å²) in [6, 6.07) is 5.26. The van der Waals surface area contributed by atoms with Crippen LogP contribution in [-0.2, 0) is 6.18 Å². The summed E-state index contributed by atoms with van der Waals surface area (Å²) >= 11 is 0. The molecule has 1 fully saturated rings. The number of nitrogens with one attached hydrogen (secondary N) is 1. The van der Waals surface area contributed by atoms with Crippen LogP contribution >= 0.6 is 0 Å². The lowest BCUT2D eigenvalue weighted by Gasteiger charge is -2.29. The van der Waals surface area contributed by atoms with Crippen LogP contribution in [0.25, 0.3) is 5.69 Å². The average molecular weight is 466 g/mol. The van der Waals surface area contributed by atoms with Crippen molar-refractivity contribution in [3.05, 3.63) is 65.6 Å². The monoisotopic (exact) mass is 466 g/mol. The fraction of sp³-hybridized carbons (Fsp3) is 0.333. The minimum Gasteiger partial charge on any atom is -0.368 e. The summed E-state index contributed by atoms with van der Waals surface area (Å²) in [5.74, 6) is -3.81. The van der Waals surface area contributed by atoms with Gasteiger partial charge in [0.1, 0.15) is 17.5 Å². The molecule has 1 atom stereocenters. The lowest BCUT2D eigenvalue weighted by molar-refractivity contribution is -0.137. The molecule has 174 valence electrons. The van der Waals surface area contributed by atoms with Gasteiger partial charge in [-0.25, -0.2) is 13.8 Å². The normalized spacial score (nSPS) is 17.9. The van der Waals surface area contributed by atoms with Crippen LogP contribution in [0.1, 0.15) is 27.9 Å². The van der Waals surface area contributed by atoms with Crippen molar-refractivity contribution in [3.63, 3.8) is 0 Å². The zero-order valence-corrected chi connectivity index (χ0v) is 17.4. The number of para-hydroxylation sites is 1. The molecule has 0 radical (unpaired) electrons. The molecule has 12 heteroatoms. The molecular weight excluding hydrogens is 447 g/mol. The molecule has 1 N–H and O–H groups in total. The van der Waals surface area contributed by atoms with Gasteiger partial charge in [-0.2, -0.15) is 28.2 Å². The number of aryl methyl sites for hydroxylation is 1. The number of anilines is 1. The number of amides is 1. The number of carbonyl (C=O) groups excluding carboxylic acids is 1. The van der Waals surface area contributed by atoms with Crippen molar-refractivity contribution in [2.24, 2.45) is 0 Å². The maximum atomic E-state index is 14.7. The van der Waals surface area contributed by atoms with Crippen LogP contribution in [0.4, 0.5) is 27.8 Å². The van der Waals surface area contributed by atoms with E-state index in [1.54, 1.807) is 19.1 Å². The Balaban J connectivity index is 1.57. The molecule has 1 aliphatic rings. The number of nitrogens with zero attached hydrogens (tertiary/aromatic N) is 5. The first-order valence-corrected chi connectivity index (χ1v) is 10.00. The van der Waals surface area contributed by atoms with Crippen molar-refractivity contribution in [2.75, 3.05) is 18.4 Å². The van der Waals surface area contributed by atoms with E-state index in [4.69, 9.17) is 0 Å². The van der Waals surface area contributed by atoms with Crippen molar-refractivity contribution >= 4 is 11.7 Å². The second-order valence-corrected chi connectivity index (χ2v) is 7.63. The van der Waals surface area contributed by atoms with Crippen LogP contribution in [0.5, 0.6) is 0 Å². The molecule has 0 aliphatic carbocycles. The van der Waals surface area contributed by atoms with Crippen molar-refractivity contribution < 1.29 is 26.7 Å². The van der Waals surface area contributed by atoms with E-state index in [0.717, 1.165) is 17.0 Å². The summed E-state index contributed by atoms with van der Waals surface area (Å²) in [5.41, 5.74) is 0.294. The first-order valence-electron chi connectivity index (χ1n) is 10.00. The Bertz CT molecular complexity index is 1130. The summed E-state index contributed by atoms with van der Waals surface area (Å²) in [7, 11) is 0. The molecular formula is C21H19F5N6O. The molecule has 3 heterocycles. The van der Waals surface area contributed by atoms with Gasteiger partial charge in [0.05, 0.1) is 23.5 Å². The Morgan fingerprint density at radius 1 is 1.18 bits per heavy atom. The highest BCUT2D eigenvalue weighted by Crippen LogP contribution is 2.36. The minimum atomic E-state index is -4.55. The van der Waals surface area contributed by atoms with Crippen LogP contribution in [0.2, 0.25) is 0 Å². The topological polar surface area (TPSA) is 75.9 Å². The van der Waals surface area contributed by atoms with Gasteiger partial charge in [-0.1, -0.05) is 12.1 Å². The molecule has 33 heavy (non-hydrogen) atoms.